The van der Waals surface area contributed by atoms with E-state index in [2.05, 4.69) is 15.4 Å². The van der Waals surface area contributed by atoms with Crippen LogP contribution in [-0.4, -0.2) is 66.2 Å². The molecule has 0 aromatic rings. The molecule has 7 N–H and O–H groups in total. The van der Waals surface area contributed by atoms with Gasteiger partial charge in [0.1, 0.15) is 0 Å². The SMILES string of the molecule is NS(=O)(=O)O.NS(=O)(=O)[O-].NS(=O)(=O)[O-].[Pb+2]. The Balaban J connectivity index is -0.0000000655. The van der Waals surface area contributed by atoms with Crippen LogP contribution >= 0.6 is 0 Å². The minimum Gasteiger partial charge on any atom is -0.736 e. The van der Waals surface area contributed by atoms with Gasteiger partial charge in [-0.3, -0.25) is 4.55 Å². The molecule has 2 radical (unpaired) electrons. The predicted octanol–water partition coefficient (Wildman–Crippen LogP) is -4.82. The first-order valence-electron chi connectivity index (χ1n) is 2.22. The molecule has 0 aliphatic carbocycles. The molecule has 16 heteroatoms. The van der Waals surface area contributed by atoms with Gasteiger partial charge in [0.15, 0.2) is 20.6 Å². The van der Waals surface area contributed by atoms with Crippen LogP contribution in [0.4, 0.5) is 0 Å². The van der Waals surface area contributed by atoms with Crippen molar-refractivity contribution in [3.63, 3.8) is 0 Å². The van der Waals surface area contributed by atoms with E-state index in [1.807, 2.05) is 0 Å². The van der Waals surface area contributed by atoms with Gasteiger partial charge in [0.25, 0.3) is 0 Å². The average molecular weight is 496 g/mol. The molecule has 0 aromatic heterocycles. The zero-order valence-corrected chi connectivity index (χ0v) is 13.5. The van der Waals surface area contributed by atoms with E-state index in [0.29, 0.717) is 0 Å². The van der Waals surface area contributed by atoms with Gasteiger partial charge < -0.3 is 9.11 Å². The molecular weight excluding hydrogens is 489 g/mol. The third-order valence-electron chi connectivity index (χ3n) is 0. The van der Waals surface area contributed by atoms with Crippen LogP contribution in [0.25, 0.3) is 0 Å². The van der Waals surface area contributed by atoms with E-state index in [1.54, 1.807) is 0 Å². The van der Waals surface area contributed by atoms with Crippen LogP contribution in [0.15, 0.2) is 0 Å². The summed E-state index contributed by atoms with van der Waals surface area (Å²) in [6.07, 6.45) is 0. The molecule has 98 valence electrons. The third kappa shape index (κ3) is 9400. The largest absolute Gasteiger partial charge is 2.00 e. The van der Waals surface area contributed by atoms with Crippen LogP contribution in [0.3, 0.4) is 0 Å². The van der Waals surface area contributed by atoms with Gasteiger partial charge in [-0.2, -0.15) is 8.42 Å². The molecule has 0 fully saturated rings. The summed E-state index contributed by atoms with van der Waals surface area (Å²) in [7, 11) is -13.0. The Kier molecular flexibility index (Phi) is 15.2. The van der Waals surface area contributed by atoms with Crippen molar-refractivity contribution in [2.24, 2.45) is 15.4 Å². The molecule has 12 nitrogen and oxygen atoms in total. The maximum Gasteiger partial charge on any atom is 2.00 e. The fraction of sp³-hybridized carbons (Fsp3) is 0. The van der Waals surface area contributed by atoms with Crippen LogP contribution in [0, 0.1) is 0 Å². The summed E-state index contributed by atoms with van der Waals surface area (Å²) in [4.78, 5) is 0. The normalized spacial score (nSPS) is 10.9. The minimum absolute atomic E-state index is 0. The van der Waals surface area contributed by atoms with Gasteiger partial charge in [0, 0.05) is 0 Å². The number of nitrogens with two attached hydrogens (primary N) is 3. The monoisotopic (exact) mass is 497 g/mol. The molecule has 0 unspecified atom stereocenters. The Labute approximate surface area is 112 Å². The number of hydrogen-bond acceptors (Lipinski definition) is 8. The molecule has 0 aliphatic rings. The second-order valence-electron chi connectivity index (χ2n) is 1.50. The molecular formula is H7N3O9PbS3. The molecule has 0 spiro atoms. The summed E-state index contributed by atoms with van der Waals surface area (Å²) < 4.78 is 78.3. The van der Waals surface area contributed by atoms with Gasteiger partial charge in [-0.1, -0.05) is 0 Å². The Morgan fingerprint density at radius 1 is 0.750 bits per heavy atom. The summed E-state index contributed by atoms with van der Waals surface area (Å²) in [5, 5.41) is 11.4. The maximum absolute atomic E-state index is 8.97. The molecule has 0 saturated carbocycles. The van der Waals surface area contributed by atoms with Crippen molar-refractivity contribution in [1.29, 1.82) is 0 Å². The summed E-state index contributed by atoms with van der Waals surface area (Å²) in [6, 6.07) is 0. The topological polar surface area (TPSA) is 247 Å². The number of rotatable bonds is 0. The smallest absolute Gasteiger partial charge is 0.736 e. The molecule has 0 atom stereocenters. The molecule has 0 heterocycles. The van der Waals surface area contributed by atoms with Crippen LogP contribution in [0.2, 0.25) is 0 Å². The van der Waals surface area contributed by atoms with Gasteiger partial charge in [-0.15, -0.1) is 0 Å². The van der Waals surface area contributed by atoms with Gasteiger partial charge in [-0.25, -0.2) is 32.3 Å². The molecule has 16 heavy (non-hydrogen) atoms. The van der Waals surface area contributed by atoms with Gasteiger partial charge in [0.2, 0.25) is 0 Å². The third-order valence-corrected chi connectivity index (χ3v) is 0. The molecule has 0 saturated heterocycles. The quantitative estimate of drug-likeness (QED) is 0.185. The summed E-state index contributed by atoms with van der Waals surface area (Å²) in [5.41, 5.74) is 0. The zero-order chi connectivity index (χ0) is 13.5. The molecule has 0 bridgehead atoms. The van der Waals surface area contributed by atoms with Gasteiger partial charge in [0.05, 0.1) is 0 Å². The van der Waals surface area contributed by atoms with E-state index >= 15 is 0 Å². The van der Waals surface area contributed by atoms with Crippen molar-refractivity contribution in [3.05, 3.63) is 0 Å². The zero-order valence-electron chi connectivity index (χ0n) is 7.17. The first-order valence-corrected chi connectivity index (χ1v) is 6.67. The first-order chi connectivity index (χ1) is 6.00. The van der Waals surface area contributed by atoms with Crippen molar-refractivity contribution in [3.8, 4) is 0 Å². The molecule has 0 amide bonds. The van der Waals surface area contributed by atoms with Crippen LogP contribution in [0.5, 0.6) is 0 Å². The predicted molar refractivity (Wildman–Crippen MR) is 49.3 cm³/mol. The standard InChI is InChI=1S/3H3NO3S.Pb/c3*1-5(2,3)4;/h3*(H3,1,2,3,4);/q;;;+2/p-2. The Hall–Kier alpha value is 0.532. The van der Waals surface area contributed by atoms with Crippen molar-refractivity contribution < 1.29 is 38.9 Å². The Morgan fingerprint density at radius 2 is 0.750 bits per heavy atom. The molecule has 0 aliphatic heterocycles. The van der Waals surface area contributed by atoms with E-state index in [-0.39, 0.29) is 27.3 Å². The summed E-state index contributed by atoms with van der Waals surface area (Å²) >= 11 is 0. The van der Waals surface area contributed by atoms with Crippen LogP contribution < -0.4 is 15.4 Å². The van der Waals surface area contributed by atoms with Crippen LogP contribution in [0.1, 0.15) is 0 Å². The van der Waals surface area contributed by atoms with E-state index in [0.717, 1.165) is 0 Å². The van der Waals surface area contributed by atoms with E-state index in [1.165, 1.54) is 0 Å². The van der Waals surface area contributed by atoms with E-state index in [4.69, 9.17) is 38.9 Å². The Morgan fingerprint density at radius 3 is 0.750 bits per heavy atom. The van der Waals surface area contributed by atoms with Crippen LogP contribution in [-0.2, 0) is 30.9 Å². The minimum atomic E-state index is -4.42. The van der Waals surface area contributed by atoms with Crippen molar-refractivity contribution in [2.75, 3.05) is 0 Å². The van der Waals surface area contributed by atoms with Gasteiger partial charge in [-0.05, 0) is 0 Å². The molecule has 0 rings (SSSR count). The average Bonchev–Trinajstić information content (AvgIpc) is 1.41. The second-order valence-corrected chi connectivity index (χ2v) is 4.50. The molecule has 0 aromatic carbocycles. The summed E-state index contributed by atoms with van der Waals surface area (Å²) in [6.45, 7) is 0. The van der Waals surface area contributed by atoms with E-state index in [9.17, 15) is 0 Å². The number of hydrogen-bond donors (Lipinski definition) is 4. The summed E-state index contributed by atoms with van der Waals surface area (Å²) in [5.74, 6) is 0. The van der Waals surface area contributed by atoms with Crippen molar-refractivity contribution in [1.82, 2.24) is 0 Å². The first kappa shape index (κ1) is 25.4. The fourth-order valence-corrected chi connectivity index (χ4v) is 0. The maximum atomic E-state index is 8.97. The van der Waals surface area contributed by atoms with E-state index < -0.39 is 30.9 Å². The van der Waals surface area contributed by atoms with Crippen molar-refractivity contribution >= 4 is 58.2 Å². The second kappa shape index (κ2) is 9.55. The fourth-order valence-electron chi connectivity index (χ4n) is 0. The Bertz CT molecular complexity index is 347. The van der Waals surface area contributed by atoms with Gasteiger partial charge >= 0.3 is 37.6 Å². The van der Waals surface area contributed by atoms with Crippen molar-refractivity contribution in [2.45, 2.75) is 0 Å².